The third-order valence-corrected chi connectivity index (χ3v) is 6.34. The van der Waals surface area contributed by atoms with E-state index in [4.69, 9.17) is 27.9 Å². The number of aromatic carboxylic acids is 1. The molecule has 0 unspecified atom stereocenters. The summed E-state index contributed by atoms with van der Waals surface area (Å²) in [4.78, 5) is 25.3. The average molecular weight is 503 g/mol. The molecule has 2 heterocycles. The minimum Gasteiger partial charge on any atom is -0.497 e. The van der Waals surface area contributed by atoms with Crippen LogP contribution in [0.3, 0.4) is 0 Å². The number of carboxylic acid groups (broad SMARTS) is 1. The molecule has 4 rings (SSSR count). The lowest BCUT2D eigenvalue weighted by Crippen LogP contribution is -2.45. The van der Waals surface area contributed by atoms with Gasteiger partial charge in [-0.3, -0.25) is 10.2 Å². The van der Waals surface area contributed by atoms with Crippen LogP contribution in [0.15, 0.2) is 36.4 Å². The van der Waals surface area contributed by atoms with Crippen LogP contribution in [0, 0.1) is 6.92 Å². The van der Waals surface area contributed by atoms with Gasteiger partial charge < -0.3 is 9.84 Å². The topological polar surface area (TPSA) is 96.7 Å². The van der Waals surface area contributed by atoms with E-state index in [1.54, 1.807) is 37.3 Å². The monoisotopic (exact) mass is 502 g/mol. The fourth-order valence-electron chi connectivity index (χ4n) is 4.09. The molecule has 8 nitrogen and oxygen atoms in total. The molecule has 0 bridgehead atoms. The van der Waals surface area contributed by atoms with Crippen LogP contribution in [0.4, 0.5) is 0 Å². The first-order valence-electron chi connectivity index (χ1n) is 10.8. The number of methoxy groups -OCH3 is 1. The number of hydrazine groups is 1. The molecule has 2 N–H and O–H groups in total. The van der Waals surface area contributed by atoms with Crippen LogP contribution in [0.2, 0.25) is 10.0 Å². The molecule has 0 saturated carbocycles. The number of carboxylic acids is 1. The largest absolute Gasteiger partial charge is 0.497 e. The van der Waals surface area contributed by atoms with Crippen molar-refractivity contribution < 1.29 is 19.4 Å². The lowest BCUT2D eigenvalue weighted by atomic mass is 10.00. The van der Waals surface area contributed by atoms with Crippen molar-refractivity contribution in [3.8, 4) is 22.7 Å². The number of benzene rings is 2. The normalized spacial score (nSPS) is 14.1. The molecular formula is C24H24Cl2N4O4. The van der Waals surface area contributed by atoms with Gasteiger partial charge in [0.05, 0.1) is 29.1 Å². The number of carbonyl (C=O) groups is 2. The Labute approximate surface area is 207 Å². The fraction of sp³-hybridized carbons (Fsp3) is 0.292. The van der Waals surface area contributed by atoms with E-state index in [9.17, 15) is 14.7 Å². The number of carbonyl (C=O) groups excluding carboxylic acids is 1. The second-order valence-electron chi connectivity index (χ2n) is 8.04. The van der Waals surface area contributed by atoms with Gasteiger partial charge in [-0.15, -0.1) is 0 Å². The number of halogens is 2. The van der Waals surface area contributed by atoms with Gasteiger partial charge in [0.15, 0.2) is 5.69 Å². The minimum atomic E-state index is -1.14. The number of ether oxygens (including phenoxy) is 1. The van der Waals surface area contributed by atoms with E-state index < -0.39 is 5.97 Å². The third-order valence-electron chi connectivity index (χ3n) is 5.80. The van der Waals surface area contributed by atoms with E-state index in [1.807, 2.05) is 5.01 Å². The summed E-state index contributed by atoms with van der Waals surface area (Å²) in [6, 6.07) is 9.64. The van der Waals surface area contributed by atoms with E-state index in [-0.39, 0.29) is 17.2 Å². The Hall–Kier alpha value is -3.07. The first-order chi connectivity index (χ1) is 16.3. The molecular weight excluding hydrogens is 479 g/mol. The Morgan fingerprint density at radius 1 is 1.09 bits per heavy atom. The average Bonchev–Trinajstić information content (AvgIpc) is 3.16. The predicted molar refractivity (Wildman–Crippen MR) is 130 cm³/mol. The van der Waals surface area contributed by atoms with Crippen molar-refractivity contribution in [2.45, 2.75) is 26.2 Å². The van der Waals surface area contributed by atoms with Crippen molar-refractivity contribution in [2.75, 3.05) is 20.2 Å². The summed E-state index contributed by atoms with van der Waals surface area (Å²) >= 11 is 12.6. The highest BCUT2D eigenvalue weighted by Gasteiger charge is 2.27. The van der Waals surface area contributed by atoms with E-state index in [0.29, 0.717) is 38.3 Å². The SMILES string of the molecule is COc1ccc(-c2c(C)c(C(=O)NN3CCCCC3)nn2-c2ccc(Cl)cc2Cl)c(C(=O)O)c1. The maximum absolute atomic E-state index is 13.2. The maximum Gasteiger partial charge on any atom is 0.336 e. The van der Waals surface area contributed by atoms with Gasteiger partial charge in [0.1, 0.15) is 5.75 Å². The molecule has 0 spiro atoms. The predicted octanol–water partition coefficient (Wildman–Crippen LogP) is 4.99. The zero-order valence-electron chi connectivity index (χ0n) is 18.8. The molecule has 3 aromatic rings. The van der Waals surface area contributed by atoms with Crippen molar-refractivity contribution in [1.29, 1.82) is 0 Å². The Bertz CT molecular complexity index is 1250. The molecule has 0 radical (unpaired) electrons. The van der Waals surface area contributed by atoms with Crippen LogP contribution in [0.25, 0.3) is 16.9 Å². The van der Waals surface area contributed by atoms with Gasteiger partial charge in [0, 0.05) is 29.2 Å². The Kier molecular flexibility index (Phi) is 7.11. The Balaban J connectivity index is 1.89. The molecule has 1 saturated heterocycles. The lowest BCUT2D eigenvalue weighted by molar-refractivity contribution is 0.0695. The third kappa shape index (κ3) is 4.75. The van der Waals surface area contributed by atoms with Crippen LogP contribution in [-0.2, 0) is 0 Å². The lowest BCUT2D eigenvalue weighted by Gasteiger charge is -2.26. The van der Waals surface area contributed by atoms with Crippen LogP contribution in [0.5, 0.6) is 5.75 Å². The molecule has 0 atom stereocenters. The quantitative estimate of drug-likeness (QED) is 0.492. The highest BCUT2D eigenvalue weighted by Crippen LogP contribution is 2.35. The minimum absolute atomic E-state index is 0.0108. The number of hydrogen-bond donors (Lipinski definition) is 2. The molecule has 1 aliphatic rings. The summed E-state index contributed by atoms with van der Waals surface area (Å²) in [5.41, 5.74) is 4.92. The van der Waals surface area contributed by atoms with Gasteiger partial charge in [0.25, 0.3) is 5.91 Å². The highest BCUT2D eigenvalue weighted by atomic mass is 35.5. The van der Waals surface area contributed by atoms with Crippen LogP contribution >= 0.6 is 23.2 Å². The number of nitrogens with zero attached hydrogens (tertiary/aromatic N) is 3. The molecule has 1 aliphatic heterocycles. The van der Waals surface area contributed by atoms with Crippen molar-refractivity contribution >= 4 is 35.1 Å². The van der Waals surface area contributed by atoms with E-state index in [1.165, 1.54) is 17.9 Å². The fourth-order valence-corrected chi connectivity index (χ4v) is 4.58. The Morgan fingerprint density at radius 2 is 1.82 bits per heavy atom. The summed E-state index contributed by atoms with van der Waals surface area (Å²) in [5, 5.41) is 17.1. The standard InChI is InChI=1S/C24H24Cl2N4O4/c1-14-21(23(31)28-29-10-4-3-5-11-29)27-30(20-9-6-15(25)12-19(20)26)22(14)17-8-7-16(34-2)13-18(17)24(32)33/h6-9,12-13H,3-5,10-11H2,1-2H3,(H,28,31)(H,32,33). The summed E-state index contributed by atoms with van der Waals surface area (Å²) in [6.07, 6.45) is 3.15. The first-order valence-corrected chi connectivity index (χ1v) is 11.6. The molecule has 2 aromatic carbocycles. The molecule has 1 amide bonds. The van der Waals surface area contributed by atoms with Gasteiger partial charge in [0.2, 0.25) is 0 Å². The number of aromatic nitrogens is 2. The number of piperidine rings is 1. The zero-order valence-corrected chi connectivity index (χ0v) is 20.3. The number of hydrogen-bond acceptors (Lipinski definition) is 5. The molecule has 34 heavy (non-hydrogen) atoms. The first kappa shape index (κ1) is 24.1. The molecule has 1 aromatic heterocycles. The van der Waals surface area contributed by atoms with Crippen molar-refractivity contribution in [2.24, 2.45) is 0 Å². The molecule has 178 valence electrons. The second kappa shape index (κ2) is 10.0. The number of nitrogens with one attached hydrogen (secondary N) is 1. The summed E-state index contributed by atoms with van der Waals surface area (Å²) in [5.74, 6) is -1.10. The van der Waals surface area contributed by atoms with E-state index >= 15 is 0 Å². The van der Waals surface area contributed by atoms with Gasteiger partial charge in [-0.05, 0) is 56.2 Å². The van der Waals surface area contributed by atoms with Crippen molar-refractivity contribution in [3.63, 3.8) is 0 Å². The van der Waals surface area contributed by atoms with Crippen LogP contribution in [-0.4, -0.2) is 52.0 Å². The molecule has 10 heteroatoms. The van der Waals surface area contributed by atoms with Gasteiger partial charge in [-0.1, -0.05) is 29.6 Å². The van der Waals surface area contributed by atoms with Gasteiger partial charge >= 0.3 is 5.97 Å². The van der Waals surface area contributed by atoms with Crippen LogP contribution < -0.4 is 10.2 Å². The number of amides is 1. The zero-order chi connectivity index (χ0) is 24.4. The van der Waals surface area contributed by atoms with Crippen molar-refractivity contribution in [3.05, 3.63) is 63.3 Å². The molecule has 1 fully saturated rings. The van der Waals surface area contributed by atoms with E-state index in [2.05, 4.69) is 10.5 Å². The highest BCUT2D eigenvalue weighted by molar-refractivity contribution is 6.35. The smallest absolute Gasteiger partial charge is 0.336 e. The summed E-state index contributed by atoms with van der Waals surface area (Å²) in [7, 11) is 1.46. The van der Waals surface area contributed by atoms with Crippen LogP contribution in [0.1, 0.15) is 45.7 Å². The summed E-state index contributed by atoms with van der Waals surface area (Å²) in [6.45, 7) is 3.27. The number of rotatable bonds is 6. The maximum atomic E-state index is 13.2. The van der Waals surface area contributed by atoms with E-state index in [0.717, 1.165) is 32.4 Å². The Morgan fingerprint density at radius 3 is 2.47 bits per heavy atom. The van der Waals surface area contributed by atoms with Gasteiger partial charge in [-0.25, -0.2) is 14.5 Å². The molecule has 0 aliphatic carbocycles. The second-order valence-corrected chi connectivity index (χ2v) is 8.88. The van der Waals surface area contributed by atoms with Crippen molar-refractivity contribution in [1.82, 2.24) is 20.2 Å². The summed E-state index contributed by atoms with van der Waals surface area (Å²) < 4.78 is 6.70. The van der Waals surface area contributed by atoms with Gasteiger partial charge in [-0.2, -0.15) is 5.10 Å².